The molecule has 1 fully saturated rings. The van der Waals surface area contributed by atoms with E-state index in [2.05, 4.69) is 29.6 Å². The summed E-state index contributed by atoms with van der Waals surface area (Å²) in [5, 5.41) is 3.30. The highest BCUT2D eigenvalue weighted by atomic mass is 16.1. The molecule has 0 amide bonds. The number of carbonyl (C=O) groups excluding carboxylic acids is 1. The maximum atomic E-state index is 11.9. The molecule has 0 bridgehead atoms. The van der Waals surface area contributed by atoms with Crippen LogP contribution in [0.2, 0.25) is 0 Å². The van der Waals surface area contributed by atoms with Gasteiger partial charge in [-0.1, -0.05) is 30.3 Å². The zero-order valence-electron chi connectivity index (χ0n) is 10.3. The maximum Gasteiger partial charge on any atom is 0.137 e. The van der Waals surface area contributed by atoms with Crippen LogP contribution in [-0.2, 0) is 11.2 Å². The molecule has 1 aromatic carbocycles. The van der Waals surface area contributed by atoms with Crippen LogP contribution in [0.1, 0.15) is 31.2 Å². The van der Waals surface area contributed by atoms with Crippen LogP contribution in [0.15, 0.2) is 30.3 Å². The van der Waals surface area contributed by atoms with E-state index in [0.29, 0.717) is 5.78 Å². The molecule has 0 unspecified atom stereocenters. The quantitative estimate of drug-likeness (QED) is 0.844. The van der Waals surface area contributed by atoms with E-state index in [0.717, 1.165) is 45.2 Å². The lowest BCUT2D eigenvalue weighted by molar-refractivity contribution is -0.123. The number of benzene rings is 1. The highest BCUT2D eigenvalue weighted by Gasteiger charge is 2.19. The summed E-state index contributed by atoms with van der Waals surface area (Å²) in [6, 6.07) is 10.4. The van der Waals surface area contributed by atoms with Crippen molar-refractivity contribution in [2.24, 2.45) is 5.92 Å². The highest BCUT2D eigenvalue weighted by Crippen LogP contribution is 2.15. The Balaban J connectivity index is 1.69. The molecule has 0 saturated carbocycles. The molecule has 2 heteroatoms. The van der Waals surface area contributed by atoms with Gasteiger partial charge < -0.3 is 5.32 Å². The number of hydrogen-bond acceptors (Lipinski definition) is 2. The standard InChI is InChI=1S/C15H21NO/c17-15(14-9-5-11-16-12-14)10-4-8-13-6-2-1-3-7-13/h1-3,6-7,14,16H,4-5,8-12H2/t14-/m1/s1. The van der Waals surface area contributed by atoms with E-state index >= 15 is 0 Å². The van der Waals surface area contributed by atoms with E-state index < -0.39 is 0 Å². The zero-order valence-corrected chi connectivity index (χ0v) is 10.3. The average Bonchev–Trinajstić information content (AvgIpc) is 2.41. The minimum atomic E-state index is 0.277. The van der Waals surface area contributed by atoms with Gasteiger partial charge in [0.05, 0.1) is 0 Å². The Bertz CT molecular complexity index is 341. The second-order valence-electron chi connectivity index (χ2n) is 4.85. The molecule has 0 radical (unpaired) electrons. The van der Waals surface area contributed by atoms with Crippen molar-refractivity contribution >= 4 is 5.78 Å². The lowest BCUT2D eigenvalue weighted by Crippen LogP contribution is -2.34. The number of aryl methyl sites for hydroxylation is 1. The Morgan fingerprint density at radius 3 is 2.82 bits per heavy atom. The third-order valence-electron chi connectivity index (χ3n) is 3.48. The summed E-state index contributed by atoms with van der Waals surface area (Å²) in [5.41, 5.74) is 1.34. The molecule has 1 aliphatic rings. The second-order valence-corrected chi connectivity index (χ2v) is 4.85. The molecule has 17 heavy (non-hydrogen) atoms. The Kier molecular flexibility index (Phi) is 4.75. The predicted molar refractivity (Wildman–Crippen MR) is 70.0 cm³/mol. The summed E-state index contributed by atoms with van der Waals surface area (Å²) in [4.78, 5) is 11.9. The van der Waals surface area contributed by atoms with Gasteiger partial charge in [-0.05, 0) is 37.8 Å². The predicted octanol–water partition coefficient (Wildman–Crippen LogP) is 2.58. The van der Waals surface area contributed by atoms with Gasteiger partial charge in [0, 0.05) is 18.9 Å². The number of ketones is 1. The first-order valence-corrected chi connectivity index (χ1v) is 6.63. The van der Waals surface area contributed by atoms with Gasteiger partial charge in [-0.2, -0.15) is 0 Å². The van der Waals surface area contributed by atoms with Crippen LogP contribution in [0.4, 0.5) is 0 Å². The van der Waals surface area contributed by atoms with Crippen LogP contribution in [-0.4, -0.2) is 18.9 Å². The molecule has 92 valence electrons. The third kappa shape index (κ3) is 3.97. The van der Waals surface area contributed by atoms with Gasteiger partial charge in [0.2, 0.25) is 0 Å². The number of piperidine rings is 1. The molecule has 0 aromatic heterocycles. The van der Waals surface area contributed by atoms with Gasteiger partial charge in [-0.15, -0.1) is 0 Å². The molecule has 0 spiro atoms. The molecule has 1 heterocycles. The molecule has 2 nitrogen and oxygen atoms in total. The Labute approximate surface area is 103 Å². The smallest absolute Gasteiger partial charge is 0.137 e. The van der Waals surface area contributed by atoms with Crippen molar-refractivity contribution in [3.05, 3.63) is 35.9 Å². The first-order chi connectivity index (χ1) is 8.36. The van der Waals surface area contributed by atoms with E-state index in [1.54, 1.807) is 0 Å². The maximum absolute atomic E-state index is 11.9. The monoisotopic (exact) mass is 231 g/mol. The van der Waals surface area contributed by atoms with Crippen molar-refractivity contribution in [2.75, 3.05) is 13.1 Å². The lowest BCUT2D eigenvalue weighted by atomic mass is 9.92. The fourth-order valence-corrected chi connectivity index (χ4v) is 2.44. The number of rotatable bonds is 5. The summed E-state index contributed by atoms with van der Waals surface area (Å²) >= 11 is 0. The lowest BCUT2D eigenvalue weighted by Gasteiger charge is -2.21. The van der Waals surface area contributed by atoms with Crippen molar-refractivity contribution in [3.63, 3.8) is 0 Å². The molecule has 1 aliphatic heterocycles. The number of carbonyl (C=O) groups is 1. The normalized spacial score (nSPS) is 20.1. The molecule has 1 aromatic rings. The van der Waals surface area contributed by atoms with Crippen LogP contribution in [0, 0.1) is 5.92 Å². The molecular weight excluding hydrogens is 210 g/mol. The average molecular weight is 231 g/mol. The van der Waals surface area contributed by atoms with Crippen LogP contribution >= 0.6 is 0 Å². The Hall–Kier alpha value is -1.15. The van der Waals surface area contributed by atoms with E-state index in [9.17, 15) is 4.79 Å². The highest BCUT2D eigenvalue weighted by molar-refractivity contribution is 5.81. The molecule has 1 atom stereocenters. The summed E-state index contributed by atoms with van der Waals surface area (Å²) in [5.74, 6) is 0.729. The van der Waals surface area contributed by atoms with Crippen LogP contribution < -0.4 is 5.32 Å². The van der Waals surface area contributed by atoms with Crippen LogP contribution in [0.3, 0.4) is 0 Å². The van der Waals surface area contributed by atoms with Gasteiger partial charge in [-0.3, -0.25) is 4.79 Å². The van der Waals surface area contributed by atoms with Crippen LogP contribution in [0.5, 0.6) is 0 Å². The second kappa shape index (κ2) is 6.55. The zero-order chi connectivity index (χ0) is 11.9. The minimum absolute atomic E-state index is 0.277. The first-order valence-electron chi connectivity index (χ1n) is 6.63. The van der Waals surface area contributed by atoms with Crippen molar-refractivity contribution in [1.29, 1.82) is 0 Å². The summed E-state index contributed by atoms with van der Waals surface area (Å²) < 4.78 is 0. The van der Waals surface area contributed by atoms with Crippen molar-refractivity contribution < 1.29 is 4.79 Å². The third-order valence-corrected chi connectivity index (χ3v) is 3.48. The van der Waals surface area contributed by atoms with Gasteiger partial charge in [0.25, 0.3) is 0 Å². The summed E-state index contributed by atoms with van der Waals surface area (Å²) in [7, 11) is 0. The largest absolute Gasteiger partial charge is 0.316 e. The fourth-order valence-electron chi connectivity index (χ4n) is 2.44. The van der Waals surface area contributed by atoms with E-state index in [-0.39, 0.29) is 5.92 Å². The molecular formula is C15H21NO. The number of nitrogens with one attached hydrogen (secondary N) is 1. The van der Waals surface area contributed by atoms with Crippen molar-refractivity contribution in [3.8, 4) is 0 Å². The van der Waals surface area contributed by atoms with Gasteiger partial charge in [0.15, 0.2) is 0 Å². The van der Waals surface area contributed by atoms with Gasteiger partial charge >= 0.3 is 0 Å². The number of hydrogen-bond donors (Lipinski definition) is 1. The van der Waals surface area contributed by atoms with Gasteiger partial charge in [0.1, 0.15) is 5.78 Å². The van der Waals surface area contributed by atoms with E-state index in [1.807, 2.05) is 6.07 Å². The molecule has 0 aliphatic carbocycles. The first kappa shape index (κ1) is 12.3. The van der Waals surface area contributed by atoms with Crippen LogP contribution in [0.25, 0.3) is 0 Å². The van der Waals surface area contributed by atoms with E-state index in [4.69, 9.17) is 0 Å². The molecule has 2 rings (SSSR count). The van der Waals surface area contributed by atoms with Crippen molar-refractivity contribution in [2.45, 2.75) is 32.1 Å². The minimum Gasteiger partial charge on any atom is -0.316 e. The van der Waals surface area contributed by atoms with Crippen molar-refractivity contribution in [1.82, 2.24) is 5.32 Å². The summed E-state index contributed by atoms with van der Waals surface area (Å²) in [6.45, 7) is 1.97. The summed E-state index contributed by atoms with van der Waals surface area (Å²) in [6.07, 6.45) is 4.97. The Morgan fingerprint density at radius 1 is 1.29 bits per heavy atom. The van der Waals surface area contributed by atoms with Gasteiger partial charge in [-0.25, -0.2) is 0 Å². The SMILES string of the molecule is O=C(CCCc1ccccc1)[C@@H]1CCCNC1. The van der Waals surface area contributed by atoms with E-state index in [1.165, 1.54) is 5.56 Å². The number of Topliss-reactive ketones (excluding diaryl/α,β-unsaturated/α-hetero) is 1. The molecule has 1 saturated heterocycles. The molecule has 1 N–H and O–H groups in total. The fraction of sp³-hybridized carbons (Fsp3) is 0.533. The Morgan fingerprint density at radius 2 is 2.12 bits per heavy atom. The topological polar surface area (TPSA) is 29.1 Å².